The summed E-state index contributed by atoms with van der Waals surface area (Å²) >= 11 is 0. The van der Waals surface area contributed by atoms with E-state index < -0.39 is 66.1 Å². The maximum absolute atomic E-state index is 12.7. The van der Waals surface area contributed by atoms with E-state index in [4.69, 9.17) is 17.2 Å². The molecule has 12 nitrogen and oxygen atoms in total. The first-order chi connectivity index (χ1) is 13.9. The smallest absolute Gasteiger partial charge is 0.326 e. The van der Waals surface area contributed by atoms with E-state index in [1.807, 2.05) is 0 Å². The van der Waals surface area contributed by atoms with Crippen LogP contribution in [-0.2, 0) is 24.0 Å². The lowest BCUT2D eigenvalue weighted by atomic mass is 10.0. The molecule has 4 atom stereocenters. The predicted molar refractivity (Wildman–Crippen MR) is 109 cm³/mol. The van der Waals surface area contributed by atoms with Gasteiger partial charge in [0.05, 0.1) is 12.5 Å². The molecule has 0 aromatic carbocycles. The van der Waals surface area contributed by atoms with E-state index in [0.717, 1.165) is 0 Å². The number of hydrogen-bond acceptors (Lipinski definition) is 7. The average Bonchev–Trinajstić information content (AvgIpc) is 2.63. The number of hydrogen-bond donors (Lipinski definition) is 7. The number of carboxylic acids is 1. The zero-order chi connectivity index (χ0) is 23.4. The Hall–Kier alpha value is -2.73. The van der Waals surface area contributed by atoms with Crippen LogP contribution in [0, 0.1) is 5.92 Å². The number of carboxylic acid groups (broad SMARTS) is 1. The van der Waals surface area contributed by atoms with Gasteiger partial charge in [-0.2, -0.15) is 0 Å². The molecule has 10 N–H and O–H groups in total. The Balaban J connectivity index is 5.41. The topological polar surface area (TPSA) is 220 Å². The molecule has 0 spiro atoms. The first-order valence-corrected chi connectivity index (χ1v) is 9.78. The third kappa shape index (κ3) is 10.2. The maximum atomic E-state index is 12.7. The van der Waals surface area contributed by atoms with Gasteiger partial charge in [-0.15, -0.1) is 0 Å². The van der Waals surface area contributed by atoms with Crippen molar-refractivity contribution in [3.8, 4) is 0 Å². The molecular weight excluding hydrogens is 396 g/mol. The van der Waals surface area contributed by atoms with Gasteiger partial charge in [-0.25, -0.2) is 4.79 Å². The van der Waals surface area contributed by atoms with Gasteiger partial charge in [0.2, 0.25) is 23.6 Å². The molecule has 4 amide bonds. The number of carbonyl (C=O) groups is 5. The van der Waals surface area contributed by atoms with Crippen molar-refractivity contribution in [3.63, 3.8) is 0 Å². The van der Waals surface area contributed by atoms with Crippen LogP contribution in [0.2, 0.25) is 0 Å². The van der Waals surface area contributed by atoms with E-state index in [9.17, 15) is 29.1 Å². The van der Waals surface area contributed by atoms with E-state index in [1.165, 1.54) is 6.92 Å². The molecule has 12 heteroatoms. The summed E-state index contributed by atoms with van der Waals surface area (Å²) in [5, 5.41) is 16.4. The Bertz CT molecular complexity index is 624. The van der Waals surface area contributed by atoms with Gasteiger partial charge in [0.1, 0.15) is 18.1 Å². The van der Waals surface area contributed by atoms with E-state index >= 15 is 0 Å². The third-order valence-corrected chi connectivity index (χ3v) is 4.26. The fourth-order valence-corrected chi connectivity index (χ4v) is 2.51. The molecule has 0 aliphatic rings. The second-order valence-corrected chi connectivity index (χ2v) is 7.43. The molecular formula is C18H34N6O6. The van der Waals surface area contributed by atoms with Crippen molar-refractivity contribution in [2.24, 2.45) is 23.1 Å². The van der Waals surface area contributed by atoms with Crippen molar-refractivity contribution in [2.75, 3.05) is 6.54 Å². The minimum absolute atomic E-state index is 0.232. The quantitative estimate of drug-likeness (QED) is 0.146. The van der Waals surface area contributed by atoms with Gasteiger partial charge in [-0.1, -0.05) is 13.8 Å². The molecule has 0 radical (unpaired) electrons. The molecule has 0 bridgehead atoms. The van der Waals surface area contributed by atoms with Gasteiger partial charge in [0.15, 0.2) is 0 Å². The summed E-state index contributed by atoms with van der Waals surface area (Å²) in [6.07, 6.45) is 0.821. The molecule has 0 aliphatic carbocycles. The summed E-state index contributed by atoms with van der Waals surface area (Å²) in [5.41, 5.74) is 16.1. The van der Waals surface area contributed by atoms with Gasteiger partial charge in [-0.05, 0) is 38.6 Å². The normalized spacial score (nSPS) is 14.9. The van der Waals surface area contributed by atoms with E-state index in [0.29, 0.717) is 19.4 Å². The van der Waals surface area contributed by atoms with Gasteiger partial charge in [0.25, 0.3) is 0 Å². The highest BCUT2D eigenvalue weighted by molar-refractivity contribution is 5.96. The minimum atomic E-state index is -1.40. The summed E-state index contributed by atoms with van der Waals surface area (Å²) in [6, 6.07) is -4.50. The second kappa shape index (κ2) is 13.5. The predicted octanol–water partition coefficient (Wildman–Crippen LogP) is -2.47. The number of primary amides is 1. The van der Waals surface area contributed by atoms with Gasteiger partial charge < -0.3 is 38.3 Å². The largest absolute Gasteiger partial charge is 0.480 e. The Morgan fingerprint density at radius 2 is 1.40 bits per heavy atom. The van der Waals surface area contributed by atoms with E-state index in [-0.39, 0.29) is 6.42 Å². The molecule has 4 unspecified atom stereocenters. The summed E-state index contributed by atoms with van der Waals surface area (Å²) in [6.45, 7) is 5.04. The standard InChI is InChI=1S/C18H34N6O6/c1-9(2)14(18(29)30)24-17(28)12(8-13(21)25)23-16(27)11(6-4-5-7-19)22-15(26)10(3)20/h9-12,14H,4-8,19-20H2,1-3H3,(H2,21,25)(H,22,26)(H,23,27)(H,24,28)(H,29,30). The summed E-state index contributed by atoms with van der Waals surface area (Å²) in [7, 11) is 0. The lowest BCUT2D eigenvalue weighted by Crippen LogP contribution is -2.58. The Morgan fingerprint density at radius 3 is 1.83 bits per heavy atom. The van der Waals surface area contributed by atoms with Crippen molar-refractivity contribution in [3.05, 3.63) is 0 Å². The molecule has 0 heterocycles. The highest BCUT2D eigenvalue weighted by Crippen LogP contribution is 2.06. The van der Waals surface area contributed by atoms with Crippen LogP contribution >= 0.6 is 0 Å². The minimum Gasteiger partial charge on any atom is -0.480 e. The van der Waals surface area contributed by atoms with E-state index in [2.05, 4.69) is 16.0 Å². The third-order valence-electron chi connectivity index (χ3n) is 4.26. The molecule has 0 fully saturated rings. The molecule has 30 heavy (non-hydrogen) atoms. The molecule has 0 saturated carbocycles. The van der Waals surface area contributed by atoms with Crippen molar-refractivity contribution < 1.29 is 29.1 Å². The zero-order valence-corrected chi connectivity index (χ0v) is 17.6. The second-order valence-electron chi connectivity index (χ2n) is 7.43. The van der Waals surface area contributed by atoms with Crippen molar-refractivity contribution >= 4 is 29.6 Å². The molecule has 0 aliphatic heterocycles. The van der Waals surface area contributed by atoms with Crippen LogP contribution in [0.3, 0.4) is 0 Å². The number of nitrogens with one attached hydrogen (secondary N) is 3. The lowest BCUT2D eigenvalue weighted by Gasteiger charge is -2.25. The Labute approximate surface area is 175 Å². The summed E-state index contributed by atoms with van der Waals surface area (Å²) in [5.74, 6) is -4.73. The van der Waals surface area contributed by atoms with Crippen LogP contribution in [0.4, 0.5) is 0 Å². The Kier molecular flexibility index (Phi) is 12.3. The first-order valence-electron chi connectivity index (χ1n) is 9.78. The van der Waals surface area contributed by atoms with Crippen LogP contribution in [-0.4, -0.2) is 65.4 Å². The molecule has 172 valence electrons. The van der Waals surface area contributed by atoms with Crippen molar-refractivity contribution in [1.29, 1.82) is 0 Å². The maximum Gasteiger partial charge on any atom is 0.326 e. The number of nitrogens with two attached hydrogens (primary N) is 3. The first kappa shape index (κ1) is 27.3. The molecule has 0 saturated heterocycles. The highest BCUT2D eigenvalue weighted by atomic mass is 16.4. The average molecular weight is 431 g/mol. The van der Waals surface area contributed by atoms with Crippen LogP contribution in [0.15, 0.2) is 0 Å². The number of aliphatic carboxylic acids is 1. The summed E-state index contributed by atoms with van der Waals surface area (Å²) in [4.78, 5) is 59.8. The Morgan fingerprint density at radius 1 is 0.867 bits per heavy atom. The van der Waals surface area contributed by atoms with Crippen molar-refractivity contribution in [1.82, 2.24) is 16.0 Å². The number of amides is 4. The fourth-order valence-electron chi connectivity index (χ4n) is 2.51. The van der Waals surface area contributed by atoms with Crippen LogP contribution in [0.1, 0.15) is 46.5 Å². The monoisotopic (exact) mass is 430 g/mol. The number of rotatable bonds is 14. The zero-order valence-electron chi connectivity index (χ0n) is 17.6. The lowest BCUT2D eigenvalue weighted by molar-refractivity contribution is -0.143. The van der Waals surface area contributed by atoms with Crippen LogP contribution in [0.25, 0.3) is 0 Å². The van der Waals surface area contributed by atoms with Crippen LogP contribution in [0.5, 0.6) is 0 Å². The summed E-state index contributed by atoms with van der Waals surface area (Å²) < 4.78 is 0. The molecule has 0 aromatic rings. The van der Waals surface area contributed by atoms with E-state index in [1.54, 1.807) is 13.8 Å². The van der Waals surface area contributed by atoms with Crippen LogP contribution < -0.4 is 33.2 Å². The van der Waals surface area contributed by atoms with Crippen molar-refractivity contribution in [2.45, 2.75) is 70.6 Å². The number of unbranched alkanes of at least 4 members (excludes halogenated alkanes) is 1. The van der Waals surface area contributed by atoms with Gasteiger partial charge >= 0.3 is 5.97 Å². The SMILES string of the molecule is CC(N)C(=O)NC(CCCCN)C(=O)NC(CC(N)=O)C(=O)NC(C(=O)O)C(C)C. The fraction of sp³-hybridized carbons (Fsp3) is 0.722. The molecule has 0 aromatic heterocycles. The number of carbonyl (C=O) groups excluding carboxylic acids is 4. The highest BCUT2D eigenvalue weighted by Gasteiger charge is 2.31. The molecule has 0 rings (SSSR count). The van der Waals surface area contributed by atoms with Gasteiger partial charge in [-0.3, -0.25) is 19.2 Å². The van der Waals surface area contributed by atoms with Gasteiger partial charge in [0, 0.05) is 0 Å².